The highest BCUT2D eigenvalue weighted by molar-refractivity contribution is 5.59. The van der Waals surface area contributed by atoms with Crippen LogP contribution >= 0.6 is 0 Å². The van der Waals surface area contributed by atoms with E-state index in [1.165, 1.54) is 32.0 Å². The first kappa shape index (κ1) is 12.9. The molecule has 4 nitrogen and oxygen atoms in total. The molecule has 1 aliphatic carbocycles. The minimum atomic E-state index is -0.0920. The van der Waals surface area contributed by atoms with E-state index in [2.05, 4.69) is 14.5 Å². The van der Waals surface area contributed by atoms with Crippen LogP contribution in [0.2, 0.25) is 0 Å². The highest BCUT2D eigenvalue weighted by atomic mass is 16.1. The van der Waals surface area contributed by atoms with Crippen LogP contribution in [0.3, 0.4) is 0 Å². The van der Waals surface area contributed by atoms with Gasteiger partial charge in [-0.25, -0.2) is 4.98 Å². The van der Waals surface area contributed by atoms with Gasteiger partial charge in [-0.1, -0.05) is 25.7 Å². The van der Waals surface area contributed by atoms with Gasteiger partial charge in [0.05, 0.1) is 6.54 Å². The number of aldehydes is 1. The summed E-state index contributed by atoms with van der Waals surface area (Å²) < 4.78 is 2.22. The quantitative estimate of drug-likeness (QED) is 0.618. The van der Waals surface area contributed by atoms with Crippen LogP contribution in [0.5, 0.6) is 0 Å². The second kappa shape index (κ2) is 5.45. The van der Waals surface area contributed by atoms with Crippen molar-refractivity contribution >= 4 is 6.29 Å². The number of aromatic nitrogens is 2. The molecule has 0 atom stereocenters. The zero-order valence-corrected chi connectivity index (χ0v) is 11.6. The third kappa shape index (κ3) is 2.73. The van der Waals surface area contributed by atoms with Crippen molar-refractivity contribution in [2.45, 2.75) is 51.6 Å². The Morgan fingerprint density at radius 2 is 2.00 bits per heavy atom. The summed E-state index contributed by atoms with van der Waals surface area (Å²) in [6, 6.07) is 0. The summed E-state index contributed by atoms with van der Waals surface area (Å²) >= 11 is 0. The van der Waals surface area contributed by atoms with E-state index in [1.54, 1.807) is 0 Å². The number of fused-ring (bicyclic) bond motifs is 1. The predicted molar refractivity (Wildman–Crippen MR) is 73.7 cm³/mol. The fourth-order valence-corrected chi connectivity index (χ4v) is 3.55. The van der Waals surface area contributed by atoms with Crippen molar-refractivity contribution in [3.63, 3.8) is 0 Å². The van der Waals surface area contributed by atoms with Crippen LogP contribution in [-0.4, -0.2) is 33.8 Å². The molecule has 1 fully saturated rings. The molecule has 1 aromatic rings. The molecule has 0 radical (unpaired) electrons. The maximum atomic E-state index is 11.7. The van der Waals surface area contributed by atoms with Crippen LogP contribution in [0.15, 0.2) is 12.4 Å². The summed E-state index contributed by atoms with van der Waals surface area (Å²) in [5.41, 5.74) is -0.0920. The van der Waals surface area contributed by atoms with E-state index in [-0.39, 0.29) is 5.41 Å². The second-order valence-electron chi connectivity index (χ2n) is 6.14. The van der Waals surface area contributed by atoms with Crippen LogP contribution in [0.4, 0.5) is 0 Å². The van der Waals surface area contributed by atoms with E-state index >= 15 is 0 Å². The third-order valence-electron chi connectivity index (χ3n) is 4.71. The van der Waals surface area contributed by atoms with E-state index in [4.69, 9.17) is 0 Å². The Morgan fingerprint density at radius 3 is 2.74 bits per heavy atom. The van der Waals surface area contributed by atoms with Gasteiger partial charge in [0.2, 0.25) is 0 Å². The zero-order chi connectivity index (χ0) is 13.1. The van der Waals surface area contributed by atoms with Gasteiger partial charge in [0.15, 0.2) is 0 Å². The molecule has 1 aliphatic heterocycles. The summed E-state index contributed by atoms with van der Waals surface area (Å²) in [7, 11) is 0. The SMILES string of the molecule is O=CC1(CN2CCn3ccnc3C2)CCCCCC1. The fourth-order valence-electron chi connectivity index (χ4n) is 3.55. The van der Waals surface area contributed by atoms with E-state index in [9.17, 15) is 4.79 Å². The van der Waals surface area contributed by atoms with E-state index in [0.29, 0.717) is 0 Å². The monoisotopic (exact) mass is 261 g/mol. The Bertz CT molecular complexity index is 432. The standard InChI is InChI=1S/C15H23N3O/c19-13-15(5-3-1-2-4-6-15)12-17-9-10-18-8-7-16-14(18)11-17/h7-8,13H,1-6,9-12H2. The minimum absolute atomic E-state index is 0.0920. The van der Waals surface area contributed by atoms with Crippen LogP contribution in [-0.2, 0) is 17.9 Å². The molecule has 0 bridgehead atoms. The highest BCUT2D eigenvalue weighted by Crippen LogP contribution is 2.34. The van der Waals surface area contributed by atoms with Crippen molar-refractivity contribution in [2.24, 2.45) is 5.41 Å². The average molecular weight is 261 g/mol. The van der Waals surface area contributed by atoms with E-state index < -0.39 is 0 Å². The number of hydrogen-bond acceptors (Lipinski definition) is 3. The Hall–Kier alpha value is -1.16. The topological polar surface area (TPSA) is 38.1 Å². The third-order valence-corrected chi connectivity index (χ3v) is 4.71. The molecule has 0 saturated heterocycles. The van der Waals surface area contributed by atoms with Crippen molar-refractivity contribution in [3.05, 3.63) is 18.2 Å². The van der Waals surface area contributed by atoms with Gasteiger partial charge >= 0.3 is 0 Å². The van der Waals surface area contributed by atoms with Gasteiger partial charge in [0.25, 0.3) is 0 Å². The molecular formula is C15H23N3O. The number of carbonyl (C=O) groups is 1. The molecule has 4 heteroatoms. The fraction of sp³-hybridized carbons (Fsp3) is 0.733. The molecule has 2 heterocycles. The maximum Gasteiger partial charge on any atom is 0.127 e. The van der Waals surface area contributed by atoms with Gasteiger partial charge in [-0.15, -0.1) is 0 Å². The minimum Gasteiger partial charge on any atom is -0.333 e. The largest absolute Gasteiger partial charge is 0.333 e. The lowest BCUT2D eigenvalue weighted by Gasteiger charge is -2.35. The predicted octanol–water partition coefficient (Wildman–Crippen LogP) is 2.24. The molecule has 0 N–H and O–H groups in total. The molecule has 2 aliphatic rings. The van der Waals surface area contributed by atoms with Crippen LogP contribution in [0, 0.1) is 5.41 Å². The Balaban J connectivity index is 1.68. The first-order valence-corrected chi connectivity index (χ1v) is 7.50. The smallest absolute Gasteiger partial charge is 0.127 e. The summed E-state index contributed by atoms with van der Waals surface area (Å²) in [4.78, 5) is 18.5. The number of nitrogens with zero attached hydrogens (tertiary/aromatic N) is 3. The summed E-state index contributed by atoms with van der Waals surface area (Å²) in [6.45, 7) is 3.86. The van der Waals surface area contributed by atoms with Gasteiger partial charge in [-0.3, -0.25) is 4.90 Å². The molecule has 0 aromatic carbocycles. The Kier molecular flexibility index (Phi) is 3.69. The van der Waals surface area contributed by atoms with Gasteiger partial charge in [0, 0.05) is 37.4 Å². The Labute approximate surface area is 114 Å². The number of hydrogen-bond donors (Lipinski definition) is 0. The van der Waals surface area contributed by atoms with E-state index in [0.717, 1.165) is 44.8 Å². The van der Waals surface area contributed by atoms with Gasteiger partial charge in [-0.2, -0.15) is 0 Å². The average Bonchev–Trinajstić information content (AvgIpc) is 2.77. The van der Waals surface area contributed by atoms with Crippen molar-refractivity contribution in [3.8, 4) is 0 Å². The number of rotatable bonds is 3. The molecular weight excluding hydrogens is 238 g/mol. The Morgan fingerprint density at radius 1 is 1.21 bits per heavy atom. The van der Waals surface area contributed by atoms with Crippen molar-refractivity contribution in [1.82, 2.24) is 14.5 Å². The molecule has 0 spiro atoms. The lowest BCUT2D eigenvalue weighted by Crippen LogP contribution is -2.42. The molecule has 1 aromatic heterocycles. The summed E-state index contributed by atoms with van der Waals surface area (Å²) in [5.74, 6) is 1.14. The highest BCUT2D eigenvalue weighted by Gasteiger charge is 2.33. The van der Waals surface area contributed by atoms with Crippen LogP contribution < -0.4 is 0 Å². The molecule has 1 saturated carbocycles. The van der Waals surface area contributed by atoms with Gasteiger partial charge in [-0.05, 0) is 12.8 Å². The van der Waals surface area contributed by atoms with Crippen molar-refractivity contribution in [1.29, 1.82) is 0 Å². The lowest BCUT2D eigenvalue weighted by molar-refractivity contribution is -0.118. The molecule has 0 unspecified atom stereocenters. The molecule has 3 rings (SSSR count). The van der Waals surface area contributed by atoms with Crippen LogP contribution in [0.1, 0.15) is 44.3 Å². The normalized spacial score (nSPS) is 23.6. The lowest BCUT2D eigenvalue weighted by atomic mass is 9.81. The van der Waals surface area contributed by atoms with E-state index in [1.807, 2.05) is 12.4 Å². The first-order chi connectivity index (χ1) is 9.31. The number of imidazole rings is 1. The van der Waals surface area contributed by atoms with Crippen molar-refractivity contribution in [2.75, 3.05) is 13.1 Å². The maximum absolute atomic E-state index is 11.7. The summed E-state index contributed by atoms with van der Waals surface area (Å²) in [5, 5.41) is 0. The molecule has 19 heavy (non-hydrogen) atoms. The summed E-state index contributed by atoms with van der Waals surface area (Å²) in [6.07, 6.45) is 12.3. The first-order valence-electron chi connectivity index (χ1n) is 7.50. The zero-order valence-electron chi connectivity index (χ0n) is 11.6. The molecule has 0 amide bonds. The van der Waals surface area contributed by atoms with Crippen LogP contribution in [0.25, 0.3) is 0 Å². The second-order valence-corrected chi connectivity index (χ2v) is 6.14. The van der Waals surface area contributed by atoms with Gasteiger partial charge in [0.1, 0.15) is 12.1 Å². The van der Waals surface area contributed by atoms with Crippen molar-refractivity contribution < 1.29 is 4.79 Å². The number of carbonyl (C=O) groups excluding carboxylic acids is 1. The molecule has 104 valence electrons. The van der Waals surface area contributed by atoms with Gasteiger partial charge < -0.3 is 9.36 Å².